The van der Waals surface area contributed by atoms with Crippen LogP contribution in [0.2, 0.25) is 0 Å². The van der Waals surface area contributed by atoms with Crippen molar-refractivity contribution in [2.24, 2.45) is 11.8 Å². The zero-order valence-corrected chi connectivity index (χ0v) is 14.9. The number of aliphatic hydroxyl groups is 1. The maximum Gasteiger partial charge on any atom is 0.249 e. The van der Waals surface area contributed by atoms with E-state index < -0.39 is 10.0 Å². The predicted octanol–water partition coefficient (Wildman–Crippen LogP) is 1.65. The molecule has 1 aromatic carbocycles. The third-order valence-corrected chi connectivity index (χ3v) is 7.27. The molecule has 1 N–H and O–H groups in total. The van der Waals surface area contributed by atoms with E-state index in [-0.39, 0.29) is 41.7 Å². The Morgan fingerprint density at radius 3 is 2.76 bits per heavy atom. The lowest BCUT2D eigenvalue weighted by Crippen LogP contribution is -2.35. The Bertz CT molecular complexity index is 888. The van der Waals surface area contributed by atoms with Crippen LogP contribution in [0.25, 0.3) is 0 Å². The minimum absolute atomic E-state index is 0.0830. The van der Waals surface area contributed by atoms with Gasteiger partial charge in [0.2, 0.25) is 10.0 Å². The summed E-state index contributed by atoms with van der Waals surface area (Å²) in [5.41, 5.74) is 1.19. The second-order valence-electron chi connectivity index (χ2n) is 6.63. The van der Waals surface area contributed by atoms with Gasteiger partial charge in [-0.1, -0.05) is 23.4 Å². The summed E-state index contributed by atoms with van der Waals surface area (Å²) in [4.78, 5) is 0.119. The molecule has 1 saturated heterocycles. The summed E-state index contributed by atoms with van der Waals surface area (Å²) in [5.74, 6) is 0.715. The van der Waals surface area contributed by atoms with Crippen LogP contribution in [0.4, 0.5) is 0 Å². The molecular weight excluding hydrogens is 344 g/mol. The molecule has 0 saturated carbocycles. The molecule has 0 radical (unpaired) electrons. The van der Waals surface area contributed by atoms with Gasteiger partial charge in [0.1, 0.15) is 16.3 Å². The summed E-state index contributed by atoms with van der Waals surface area (Å²) < 4.78 is 39.1. The van der Waals surface area contributed by atoms with Gasteiger partial charge in [0, 0.05) is 30.6 Å². The Kier molecular flexibility index (Phi) is 3.86. The standard InChI is InChI=1S/C17H20N2O5S/c1-10-17(11(2)24-18-10)25(21,22)19-7-12(8-20)14-9-23-15-6-4-3-5-13(15)16(14)19/h3-6,12,14,16,20H,7-9H2,1-2H3/t12-,14-,16-/m0/s1. The highest BCUT2D eigenvalue weighted by molar-refractivity contribution is 7.89. The van der Waals surface area contributed by atoms with Crippen LogP contribution in [0.3, 0.4) is 0 Å². The molecule has 4 rings (SSSR count). The summed E-state index contributed by atoms with van der Waals surface area (Å²) in [6.07, 6.45) is 0. The Morgan fingerprint density at radius 1 is 1.32 bits per heavy atom. The lowest BCUT2D eigenvalue weighted by Gasteiger charge is -2.33. The molecule has 2 aliphatic rings. The molecule has 0 unspecified atom stereocenters. The number of nitrogens with zero attached hydrogens (tertiary/aromatic N) is 2. The number of ether oxygens (including phenoxy) is 1. The number of para-hydroxylation sites is 1. The van der Waals surface area contributed by atoms with Crippen LogP contribution in [0.1, 0.15) is 23.1 Å². The van der Waals surface area contributed by atoms with Gasteiger partial charge in [0.25, 0.3) is 0 Å². The van der Waals surface area contributed by atoms with Crippen LogP contribution >= 0.6 is 0 Å². The number of aliphatic hydroxyl groups excluding tert-OH is 1. The van der Waals surface area contributed by atoms with E-state index in [4.69, 9.17) is 9.26 Å². The molecule has 0 spiro atoms. The summed E-state index contributed by atoms with van der Waals surface area (Å²) in [6.45, 7) is 3.77. The Morgan fingerprint density at radius 2 is 2.08 bits per heavy atom. The number of sulfonamides is 1. The number of aryl methyl sites for hydroxylation is 2. The number of aromatic nitrogens is 1. The van der Waals surface area contributed by atoms with E-state index in [1.165, 1.54) is 4.31 Å². The minimum Gasteiger partial charge on any atom is -0.493 e. The quantitative estimate of drug-likeness (QED) is 0.890. The normalized spacial score (nSPS) is 26.1. The van der Waals surface area contributed by atoms with Crippen molar-refractivity contribution >= 4 is 10.0 Å². The summed E-state index contributed by atoms with van der Waals surface area (Å²) in [7, 11) is -3.80. The molecule has 1 aromatic heterocycles. The molecule has 2 aliphatic heterocycles. The van der Waals surface area contributed by atoms with Gasteiger partial charge in [0.05, 0.1) is 12.6 Å². The van der Waals surface area contributed by atoms with Crippen molar-refractivity contribution < 1.29 is 22.8 Å². The van der Waals surface area contributed by atoms with Gasteiger partial charge < -0.3 is 14.4 Å². The molecule has 25 heavy (non-hydrogen) atoms. The Labute approximate surface area is 146 Å². The van der Waals surface area contributed by atoms with E-state index in [9.17, 15) is 13.5 Å². The molecule has 1 fully saturated rings. The van der Waals surface area contributed by atoms with Crippen LogP contribution in [-0.4, -0.2) is 42.7 Å². The topological polar surface area (TPSA) is 92.9 Å². The number of fused-ring (bicyclic) bond motifs is 3. The Balaban J connectivity index is 1.85. The van der Waals surface area contributed by atoms with Crippen molar-refractivity contribution in [3.05, 3.63) is 41.3 Å². The lowest BCUT2D eigenvalue weighted by molar-refractivity contribution is 0.129. The van der Waals surface area contributed by atoms with Crippen molar-refractivity contribution in [1.82, 2.24) is 9.46 Å². The maximum absolute atomic E-state index is 13.4. The minimum atomic E-state index is -3.80. The second kappa shape index (κ2) is 5.82. The predicted molar refractivity (Wildman–Crippen MR) is 88.6 cm³/mol. The van der Waals surface area contributed by atoms with E-state index in [1.54, 1.807) is 13.8 Å². The van der Waals surface area contributed by atoms with E-state index >= 15 is 0 Å². The largest absolute Gasteiger partial charge is 0.493 e. The highest BCUT2D eigenvalue weighted by Crippen LogP contribution is 2.49. The van der Waals surface area contributed by atoms with Crippen molar-refractivity contribution in [3.63, 3.8) is 0 Å². The molecule has 0 amide bonds. The fourth-order valence-electron chi connectivity index (χ4n) is 4.01. The van der Waals surface area contributed by atoms with Crippen LogP contribution < -0.4 is 4.74 Å². The van der Waals surface area contributed by atoms with Crippen LogP contribution in [0, 0.1) is 25.7 Å². The van der Waals surface area contributed by atoms with Gasteiger partial charge in [-0.05, 0) is 19.9 Å². The smallest absolute Gasteiger partial charge is 0.249 e. The van der Waals surface area contributed by atoms with Gasteiger partial charge >= 0.3 is 0 Å². The van der Waals surface area contributed by atoms with Gasteiger partial charge in [-0.15, -0.1) is 0 Å². The first-order valence-electron chi connectivity index (χ1n) is 8.22. The lowest BCUT2D eigenvalue weighted by atomic mass is 9.86. The molecule has 0 aliphatic carbocycles. The van der Waals surface area contributed by atoms with E-state index in [0.717, 1.165) is 5.56 Å². The molecule has 0 bridgehead atoms. The van der Waals surface area contributed by atoms with E-state index in [1.807, 2.05) is 24.3 Å². The number of benzene rings is 1. The third-order valence-electron chi connectivity index (χ3n) is 5.17. The van der Waals surface area contributed by atoms with Crippen LogP contribution in [-0.2, 0) is 10.0 Å². The summed E-state index contributed by atoms with van der Waals surface area (Å²) >= 11 is 0. The molecule has 8 heteroatoms. The van der Waals surface area contributed by atoms with Gasteiger partial charge in [-0.2, -0.15) is 4.31 Å². The fourth-order valence-corrected chi connectivity index (χ4v) is 6.01. The fraction of sp³-hybridized carbons (Fsp3) is 0.471. The first kappa shape index (κ1) is 16.6. The molecule has 7 nitrogen and oxygen atoms in total. The monoisotopic (exact) mass is 364 g/mol. The summed E-state index contributed by atoms with van der Waals surface area (Å²) in [6, 6.07) is 7.11. The van der Waals surface area contributed by atoms with Gasteiger partial charge in [-0.25, -0.2) is 8.42 Å². The maximum atomic E-state index is 13.4. The second-order valence-corrected chi connectivity index (χ2v) is 8.46. The zero-order chi connectivity index (χ0) is 17.8. The molecule has 2 aromatic rings. The molecular formula is C17H20N2O5S. The highest BCUT2D eigenvalue weighted by Gasteiger charge is 2.51. The summed E-state index contributed by atoms with van der Waals surface area (Å²) in [5, 5.41) is 13.6. The third kappa shape index (κ3) is 2.39. The van der Waals surface area contributed by atoms with Crippen molar-refractivity contribution in [2.75, 3.05) is 19.8 Å². The number of rotatable bonds is 3. The first-order valence-corrected chi connectivity index (χ1v) is 9.66. The van der Waals surface area contributed by atoms with E-state index in [0.29, 0.717) is 18.1 Å². The average Bonchev–Trinajstić information content (AvgIpc) is 3.15. The molecule has 3 atom stereocenters. The van der Waals surface area contributed by atoms with Crippen LogP contribution in [0.15, 0.2) is 33.7 Å². The van der Waals surface area contributed by atoms with Crippen molar-refractivity contribution in [3.8, 4) is 5.75 Å². The Hall–Kier alpha value is -1.90. The van der Waals surface area contributed by atoms with Gasteiger partial charge in [-0.3, -0.25) is 0 Å². The van der Waals surface area contributed by atoms with Crippen molar-refractivity contribution in [2.45, 2.75) is 24.8 Å². The zero-order valence-electron chi connectivity index (χ0n) is 14.0. The van der Waals surface area contributed by atoms with Crippen LogP contribution in [0.5, 0.6) is 5.75 Å². The molecule has 134 valence electrons. The highest BCUT2D eigenvalue weighted by atomic mass is 32.2. The van der Waals surface area contributed by atoms with Crippen molar-refractivity contribution in [1.29, 1.82) is 0 Å². The molecule has 3 heterocycles. The number of hydrogen-bond donors (Lipinski definition) is 1. The van der Waals surface area contributed by atoms with Gasteiger partial charge in [0.15, 0.2) is 5.76 Å². The SMILES string of the molecule is Cc1noc(C)c1S(=O)(=O)N1C[C@@H](CO)[C@@H]2COc3ccccc3[C@@H]21. The first-order chi connectivity index (χ1) is 11.9. The van der Waals surface area contributed by atoms with E-state index in [2.05, 4.69) is 5.16 Å². The average molecular weight is 364 g/mol. The number of hydrogen-bond acceptors (Lipinski definition) is 6.